The summed E-state index contributed by atoms with van der Waals surface area (Å²) >= 11 is 0. The number of carboxylic acid groups (broad SMARTS) is 1. The van der Waals surface area contributed by atoms with E-state index in [4.69, 9.17) is 51.5 Å². The molecule has 4 aromatic rings. The lowest BCUT2D eigenvalue weighted by Crippen LogP contribution is -2.67. The Labute approximate surface area is 558 Å². The zero-order valence-corrected chi connectivity index (χ0v) is 54.3. The minimum absolute atomic E-state index is 0.0100. The van der Waals surface area contributed by atoms with Crippen molar-refractivity contribution in [3.05, 3.63) is 92.6 Å². The van der Waals surface area contributed by atoms with Gasteiger partial charge in [0.2, 0.25) is 11.8 Å². The number of ketones is 1. The minimum atomic E-state index is -1.82. The van der Waals surface area contributed by atoms with Gasteiger partial charge < -0.3 is 113 Å². The average molecular weight is 1370 g/mol. The lowest BCUT2D eigenvalue weighted by Gasteiger charge is -2.49. The number of hydrogen-bond donors (Lipinski definition) is 12. The van der Waals surface area contributed by atoms with E-state index in [1.165, 1.54) is 19.9 Å². The van der Waals surface area contributed by atoms with Crippen molar-refractivity contribution in [2.24, 2.45) is 23.7 Å². The van der Waals surface area contributed by atoms with Crippen LogP contribution in [0.25, 0.3) is 21.9 Å². The summed E-state index contributed by atoms with van der Waals surface area (Å²) in [5.41, 5.74) is -0.631. The van der Waals surface area contributed by atoms with Crippen LogP contribution in [0.1, 0.15) is 115 Å². The van der Waals surface area contributed by atoms with Crippen molar-refractivity contribution in [3.8, 4) is 0 Å². The number of aliphatic hydroxyl groups is 9. The van der Waals surface area contributed by atoms with E-state index in [-0.39, 0.29) is 80.9 Å². The van der Waals surface area contributed by atoms with Crippen LogP contribution in [0.5, 0.6) is 0 Å². The fourth-order valence-electron chi connectivity index (χ4n) is 14.5. The number of benzene rings is 2. The van der Waals surface area contributed by atoms with E-state index in [1.807, 2.05) is 6.92 Å². The maximum Gasteiger partial charge on any atom is 0.341 e. The molecule has 29 heteroatoms. The highest BCUT2D eigenvalue weighted by Gasteiger charge is 2.54. The number of fused-ring (bicyclic) bond motifs is 2. The number of nitrogens with one attached hydrogen (secondary N) is 2. The molecular formula is C68H92N2O27. The van der Waals surface area contributed by atoms with Gasteiger partial charge in [0, 0.05) is 42.5 Å². The molecule has 3 aliphatic carbocycles. The molecular weight excluding hydrogens is 1280 g/mol. The molecule has 536 valence electrons. The predicted octanol–water partition coefficient (Wildman–Crippen LogP) is 0.856. The van der Waals surface area contributed by atoms with E-state index >= 15 is 0 Å². The third kappa shape index (κ3) is 17.7. The van der Waals surface area contributed by atoms with E-state index in [1.54, 1.807) is 54.6 Å². The third-order valence-corrected chi connectivity index (χ3v) is 19.9. The first-order chi connectivity index (χ1) is 46.5. The van der Waals surface area contributed by atoms with Crippen molar-refractivity contribution in [3.63, 3.8) is 0 Å². The number of carbonyl (C=O) groups excluding carboxylic acids is 3. The normalized spacial score (nSPS) is 35.4. The highest BCUT2D eigenvalue weighted by molar-refractivity contribution is 5.82. The van der Waals surface area contributed by atoms with Gasteiger partial charge in [0.15, 0.2) is 25.0 Å². The Hall–Kier alpha value is -5.78. The van der Waals surface area contributed by atoms with Gasteiger partial charge in [0.05, 0.1) is 68.1 Å². The number of aliphatic carboxylic acids is 1. The Balaban J connectivity index is 0.840. The Morgan fingerprint density at radius 2 is 1.20 bits per heavy atom. The van der Waals surface area contributed by atoms with E-state index in [0.717, 1.165) is 32.1 Å². The molecule has 10 unspecified atom stereocenters. The molecule has 12 N–H and O–H groups in total. The molecule has 5 heterocycles. The van der Waals surface area contributed by atoms with E-state index < -0.39 is 195 Å². The monoisotopic (exact) mass is 1370 g/mol. The number of hydrogen-bond acceptors (Lipinski definition) is 26. The average Bonchev–Trinajstić information content (AvgIpc) is 0.796. The highest BCUT2D eigenvalue weighted by atomic mass is 16.7. The lowest BCUT2D eigenvalue weighted by atomic mass is 9.74. The molecule has 24 atom stereocenters. The molecule has 6 aliphatic rings. The number of carbonyl (C=O) groups is 4. The number of Topliss-reactive ketones (excluding diaryl/α,β-unsaturated/α-hetero) is 1. The summed E-state index contributed by atoms with van der Waals surface area (Å²) in [4.78, 5) is 81.0. The van der Waals surface area contributed by atoms with Crippen LogP contribution in [-0.2, 0) is 75.0 Å². The van der Waals surface area contributed by atoms with E-state index in [9.17, 15) is 79.8 Å². The molecule has 3 aliphatic heterocycles. The zero-order valence-electron chi connectivity index (χ0n) is 54.3. The molecule has 0 radical (unpaired) electrons. The second-order valence-corrected chi connectivity index (χ2v) is 26.6. The van der Waals surface area contributed by atoms with Gasteiger partial charge in [-0.1, -0.05) is 81.8 Å². The summed E-state index contributed by atoms with van der Waals surface area (Å²) in [7, 11) is 0. The van der Waals surface area contributed by atoms with Gasteiger partial charge in [0.1, 0.15) is 90.1 Å². The standard InChI is InChI=1S/C68H92N2O27/c1-4-35-22-38(25-47(59(35)97-67-57(80)56(79)52(75)32(2)89-67)94-66-51(70-33(3)73)60(54(77)49(28-71)95-66)90-48(63(83)84)21-34-13-6-5-7-14-34)42(74)17-12-20-69-62(82)39-26-45(87-30-40-23-36-15-8-10-18-43(36)91-64(40)85)53(76)46(27-39)93-68-58(81)61(55(78)50(29-72)96-68)88-31-41-24-37-16-9-11-19-44(37)92-65(41)86/h8-11,15-16,18-19,23-24,32,34-35,38-39,45-61,66-68,71-72,75-81H,4-7,12-14,17,20-22,25-31H2,1-3H3,(H,69,82)(H,70,73)(H,83,84)/t32?,35-,38?,39+,45?,46-,47-,48+,49+,50?,51?,52-,53?,54+,55+,56+,57?,58?,59?,60?,61-,66-,67+,68-/m1/s1. The lowest BCUT2D eigenvalue weighted by molar-refractivity contribution is -0.338. The van der Waals surface area contributed by atoms with Crippen LogP contribution >= 0.6 is 0 Å². The Morgan fingerprint density at radius 3 is 1.81 bits per heavy atom. The Morgan fingerprint density at radius 1 is 0.619 bits per heavy atom. The Kier molecular flexibility index (Phi) is 25.6. The summed E-state index contributed by atoms with van der Waals surface area (Å²) in [6.07, 6.45) is -25.0. The highest BCUT2D eigenvalue weighted by Crippen LogP contribution is 2.42. The minimum Gasteiger partial charge on any atom is -0.479 e. The van der Waals surface area contributed by atoms with Crippen LogP contribution in [0.4, 0.5) is 0 Å². The molecule has 29 nitrogen and oxygen atoms in total. The van der Waals surface area contributed by atoms with Gasteiger partial charge in [-0.2, -0.15) is 0 Å². The molecule has 2 aromatic carbocycles. The molecule has 10 rings (SSSR count). The van der Waals surface area contributed by atoms with Crippen LogP contribution < -0.4 is 21.9 Å². The smallest absolute Gasteiger partial charge is 0.341 e. The SMILES string of the molecule is CC[C@@H]1CC(C(=O)CCCNC(=O)[C@H]2CC(OCc3cc4ccccc4oc3=O)C(O)[C@H](O[C@@H]3OC(CO)[C@H](O)[C@@H](OCc4cc5ccccc5oc4=O)C3O)C2)C[C@@H](O[C@@H]2O[C@@H](CO)[C@H](O)C(O[C@@H](CC3CCCCC3)C(=O)O)C2NC(C)=O)C1O[C@@H]1OC(C)[C@@H](O)[C@H](O)C1O. The number of rotatable bonds is 27. The summed E-state index contributed by atoms with van der Waals surface area (Å²) in [6, 6.07) is 15.3. The van der Waals surface area contributed by atoms with Crippen LogP contribution in [0.15, 0.2) is 79.1 Å². The van der Waals surface area contributed by atoms with Gasteiger partial charge in [-0.05, 0) is 81.5 Å². The van der Waals surface area contributed by atoms with Crippen molar-refractivity contribution in [1.29, 1.82) is 0 Å². The zero-order chi connectivity index (χ0) is 69.4. The second-order valence-electron chi connectivity index (χ2n) is 26.6. The summed E-state index contributed by atoms with van der Waals surface area (Å²) in [5, 5.41) is 117. The predicted molar refractivity (Wildman–Crippen MR) is 336 cm³/mol. The molecule has 3 saturated heterocycles. The van der Waals surface area contributed by atoms with Gasteiger partial charge in [-0.15, -0.1) is 0 Å². The third-order valence-electron chi connectivity index (χ3n) is 19.9. The van der Waals surface area contributed by atoms with Crippen molar-refractivity contribution in [2.75, 3.05) is 19.8 Å². The van der Waals surface area contributed by atoms with Crippen LogP contribution in [0, 0.1) is 23.7 Å². The van der Waals surface area contributed by atoms with Crippen LogP contribution in [-0.4, -0.2) is 223 Å². The van der Waals surface area contributed by atoms with Crippen molar-refractivity contribution < 1.29 is 122 Å². The molecule has 2 aromatic heterocycles. The van der Waals surface area contributed by atoms with Crippen LogP contribution in [0.3, 0.4) is 0 Å². The topological polar surface area (TPSA) is 438 Å². The number of carboxylic acids is 1. The maximum atomic E-state index is 14.6. The summed E-state index contributed by atoms with van der Waals surface area (Å²) in [5.74, 6) is -5.06. The van der Waals surface area contributed by atoms with Gasteiger partial charge in [-0.25, -0.2) is 14.4 Å². The first-order valence-electron chi connectivity index (χ1n) is 33.7. The number of para-hydroxylation sites is 2. The summed E-state index contributed by atoms with van der Waals surface area (Å²) < 4.78 is 66.8. The molecule has 97 heavy (non-hydrogen) atoms. The largest absolute Gasteiger partial charge is 0.479 e. The molecule has 0 bridgehead atoms. The van der Waals surface area contributed by atoms with Gasteiger partial charge in [0.25, 0.3) is 0 Å². The van der Waals surface area contributed by atoms with Crippen molar-refractivity contribution >= 4 is 45.5 Å². The van der Waals surface area contributed by atoms with Crippen molar-refractivity contribution in [1.82, 2.24) is 10.6 Å². The van der Waals surface area contributed by atoms with Crippen LogP contribution in [0.2, 0.25) is 0 Å². The fourth-order valence-corrected chi connectivity index (χ4v) is 14.5. The van der Waals surface area contributed by atoms with Gasteiger partial charge in [-0.3, -0.25) is 14.4 Å². The van der Waals surface area contributed by atoms with Gasteiger partial charge >= 0.3 is 17.2 Å². The fraction of sp³-hybridized carbons (Fsp3) is 0.676. The first kappa shape index (κ1) is 73.9. The maximum absolute atomic E-state index is 14.6. The summed E-state index contributed by atoms with van der Waals surface area (Å²) in [6.45, 7) is 2.04. The second kappa shape index (κ2) is 33.6. The Bertz CT molecular complexity index is 3400. The number of aliphatic hydroxyl groups excluding tert-OH is 9. The molecule has 0 spiro atoms. The quantitative estimate of drug-likeness (QED) is 0.0291. The first-order valence-corrected chi connectivity index (χ1v) is 33.7. The van der Waals surface area contributed by atoms with E-state index in [2.05, 4.69) is 10.6 Å². The molecule has 2 amide bonds. The molecule has 6 fully saturated rings. The molecule has 3 saturated carbocycles. The number of amides is 2. The number of ether oxygens (including phenoxy) is 9. The van der Waals surface area contributed by atoms with Crippen molar-refractivity contribution in [2.45, 2.75) is 246 Å². The van der Waals surface area contributed by atoms with E-state index in [0.29, 0.717) is 28.4 Å².